The lowest BCUT2D eigenvalue weighted by molar-refractivity contribution is -0.244. The topological polar surface area (TPSA) is 76.0 Å². The number of ether oxygens (including phenoxy) is 2. The van der Waals surface area contributed by atoms with Crippen molar-refractivity contribution < 1.29 is 24.5 Å². The van der Waals surface area contributed by atoms with Crippen molar-refractivity contribution in [2.75, 3.05) is 6.61 Å². The van der Waals surface area contributed by atoms with Crippen molar-refractivity contribution in [3.05, 3.63) is 76.8 Å². The maximum Gasteiger partial charge on any atom is 0.303 e. The third kappa shape index (κ3) is 5.13. The van der Waals surface area contributed by atoms with E-state index in [0.717, 1.165) is 5.56 Å². The van der Waals surface area contributed by atoms with Gasteiger partial charge in [-0.2, -0.15) is 0 Å². The summed E-state index contributed by atoms with van der Waals surface area (Å²) in [5.41, 5.74) is 1.45. The highest BCUT2D eigenvalue weighted by Gasteiger charge is 2.35. The van der Waals surface area contributed by atoms with Crippen LogP contribution in [0.3, 0.4) is 0 Å². The van der Waals surface area contributed by atoms with Crippen molar-refractivity contribution in [3.8, 4) is 5.75 Å². The minimum Gasteiger partial charge on any atom is -0.508 e. The lowest BCUT2D eigenvalue weighted by Gasteiger charge is -2.37. The molecule has 2 aromatic carbocycles. The molecule has 1 fully saturated rings. The molecule has 1 aliphatic heterocycles. The number of allylic oxidation sites excluding steroid dienone is 2. The van der Waals surface area contributed by atoms with Gasteiger partial charge in [0.15, 0.2) is 6.29 Å². The van der Waals surface area contributed by atoms with Gasteiger partial charge in [0.1, 0.15) is 5.75 Å². The van der Waals surface area contributed by atoms with Gasteiger partial charge in [0.25, 0.3) is 0 Å². The molecule has 2 aromatic rings. The zero-order valence-corrected chi connectivity index (χ0v) is 16.1. The first kappa shape index (κ1) is 20.4. The molecule has 6 heteroatoms. The second kappa shape index (κ2) is 9.73. The Hall–Kier alpha value is -2.34. The Kier molecular flexibility index (Phi) is 7.09. The van der Waals surface area contributed by atoms with Crippen LogP contribution in [0.5, 0.6) is 5.75 Å². The van der Waals surface area contributed by atoms with Gasteiger partial charge in [-0.3, -0.25) is 4.79 Å². The summed E-state index contributed by atoms with van der Waals surface area (Å²) in [7, 11) is 0. The minimum absolute atomic E-state index is 0.0203. The quantitative estimate of drug-likeness (QED) is 0.618. The van der Waals surface area contributed by atoms with Crippen LogP contribution in [0, 0.1) is 5.92 Å². The van der Waals surface area contributed by atoms with E-state index in [0.29, 0.717) is 30.0 Å². The van der Waals surface area contributed by atoms with Crippen molar-refractivity contribution in [2.24, 2.45) is 5.92 Å². The van der Waals surface area contributed by atoms with E-state index in [1.54, 1.807) is 18.2 Å². The SMILES string of the molecule is O=C(O)CC/C=C\C[C@H]1COC(c2ccccc2Cl)O[C@H]1c1ccccc1O. The van der Waals surface area contributed by atoms with E-state index in [9.17, 15) is 9.90 Å². The number of carbonyl (C=O) groups is 1. The molecule has 3 rings (SSSR count). The van der Waals surface area contributed by atoms with Crippen LogP contribution in [-0.4, -0.2) is 22.8 Å². The number of aromatic hydroxyl groups is 1. The highest BCUT2D eigenvalue weighted by atomic mass is 35.5. The van der Waals surface area contributed by atoms with Crippen molar-refractivity contribution in [1.82, 2.24) is 0 Å². The summed E-state index contributed by atoms with van der Waals surface area (Å²) < 4.78 is 12.2. The van der Waals surface area contributed by atoms with Gasteiger partial charge in [0.05, 0.1) is 12.7 Å². The molecule has 148 valence electrons. The molecule has 1 heterocycles. The van der Waals surface area contributed by atoms with Gasteiger partial charge >= 0.3 is 5.97 Å². The maximum absolute atomic E-state index is 10.6. The zero-order valence-electron chi connectivity index (χ0n) is 15.3. The summed E-state index contributed by atoms with van der Waals surface area (Å²) in [5, 5.41) is 19.6. The van der Waals surface area contributed by atoms with E-state index >= 15 is 0 Å². The van der Waals surface area contributed by atoms with E-state index in [4.69, 9.17) is 26.2 Å². The number of hydrogen-bond donors (Lipinski definition) is 2. The summed E-state index contributed by atoms with van der Waals surface area (Å²) in [6.45, 7) is 0.429. The summed E-state index contributed by atoms with van der Waals surface area (Å²) in [4.78, 5) is 10.6. The van der Waals surface area contributed by atoms with Crippen LogP contribution in [0.1, 0.15) is 42.8 Å². The van der Waals surface area contributed by atoms with Crippen LogP contribution in [0.2, 0.25) is 5.02 Å². The van der Waals surface area contributed by atoms with Gasteiger partial charge in [-0.15, -0.1) is 0 Å². The number of phenolic OH excluding ortho intramolecular Hbond substituents is 1. The fourth-order valence-electron chi connectivity index (χ4n) is 3.25. The predicted octanol–water partition coefficient (Wildman–Crippen LogP) is 5.26. The average Bonchev–Trinajstić information content (AvgIpc) is 2.68. The van der Waals surface area contributed by atoms with Crippen molar-refractivity contribution >= 4 is 17.6 Å². The van der Waals surface area contributed by atoms with Gasteiger partial charge < -0.3 is 19.7 Å². The largest absolute Gasteiger partial charge is 0.508 e. The number of halogens is 1. The van der Waals surface area contributed by atoms with Gasteiger partial charge in [-0.1, -0.05) is 60.2 Å². The molecule has 0 aliphatic carbocycles. The third-order valence-corrected chi connectivity index (χ3v) is 5.04. The number of hydrogen-bond acceptors (Lipinski definition) is 4. The number of carboxylic acid groups (broad SMARTS) is 1. The van der Waals surface area contributed by atoms with Crippen molar-refractivity contribution in [1.29, 1.82) is 0 Å². The third-order valence-electron chi connectivity index (χ3n) is 4.69. The fourth-order valence-corrected chi connectivity index (χ4v) is 3.48. The second-order valence-corrected chi connectivity index (χ2v) is 7.11. The van der Waals surface area contributed by atoms with Gasteiger partial charge in [0.2, 0.25) is 0 Å². The Morgan fingerprint density at radius 3 is 2.54 bits per heavy atom. The highest BCUT2D eigenvalue weighted by Crippen LogP contribution is 2.43. The molecular weight excluding hydrogens is 380 g/mol. The van der Waals surface area contributed by atoms with E-state index in [-0.39, 0.29) is 24.2 Å². The van der Waals surface area contributed by atoms with E-state index in [1.807, 2.05) is 42.5 Å². The lowest BCUT2D eigenvalue weighted by Crippen LogP contribution is -2.30. The second-order valence-electron chi connectivity index (χ2n) is 6.70. The van der Waals surface area contributed by atoms with Gasteiger partial charge in [-0.05, 0) is 25.0 Å². The highest BCUT2D eigenvalue weighted by molar-refractivity contribution is 6.31. The summed E-state index contributed by atoms with van der Waals surface area (Å²) in [5.74, 6) is -0.663. The summed E-state index contributed by atoms with van der Waals surface area (Å²) >= 11 is 6.29. The zero-order chi connectivity index (χ0) is 19.9. The number of carboxylic acids is 1. The molecule has 1 saturated heterocycles. The Morgan fingerprint density at radius 1 is 1.11 bits per heavy atom. The molecule has 0 radical (unpaired) electrons. The molecule has 0 aromatic heterocycles. The van der Waals surface area contributed by atoms with Crippen molar-refractivity contribution in [3.63, 3.8) is 0 Å². The standard InChI is InChI=1S/C22H23ClO5/c23-18-11-6-4-9-16(18)22-27-14-15(8-2-1-3-13-20(25)26)21(28-22)17-10-5-7-12-19(17)24/h1-2,4-7,9-12,15,21-22,24H,3,8,13-14H2,(H,25,26)/b2-1-/t15-,21+,22?/m0/s1. The van der Waals surface area contributed by atoms with Crippen molar-refractivity contribution in [2.45, 2.75) is 31.7 Å². The molecular formula is C22H23ClO5. The first-order chi connectivity index (χ1) is 13.6. The minimum atomic E-state index is -0.816. The normalized spacial score (nSPS) is 22.4. The van der Waals surface area contributed by atoms with Crippen LogP contribution < -0.4 is 0 Å². The molecule has 28 heavy (non-hydrogen) atoms. The van der Waals surface area contributed by atoms with E-state index in [2.05, 4.69) is 0 Å². The van der Waals surface area contributed by atoms with E-state index in [1.165, 1.54) is 0 Å². The fraction of sp³-hybridized carbons (Fsp3) is 0.318. The van der Waals surface area contributed by atoms with Crippen LogP contribution >= 0.6 is 11.6 Å². The molecule has 0 amide bonds. The molecule has 0 saturated carbocycles. The molecule has 1 unspecified atom stereocenters. The van der Waals surface area contributed by atoms with Gasteiger partial charge in [-0.25, -0.2) is 0 Å². The molecule has 3 atom stereocenters. The number of phenols is 1. The van der Waals surface area contributed by atoms with Crippen LogP contribution in [0.4, 0.5) is 0 Å². The first-order valence-electron chi connectivity index (χ1n) is 9.22. The Bertz CT molecular complexity index is 835. The first-order valence-corrected chi connectivity index (χ1v) is 9.60. The van der Waals surface area contributed by atoms with E-state index < -0.39 is 12.3 Å². The maximum atomic E-state index is 10.6. The van der Waals surface area contributed by atoms with Crippen LogP contribution in [-0.2, 0) is 14.3 Å². The Labute approximate surface area is 169 Å². The van der Waals surface area contributed by atoms with Crippen LogP contribution in [0.15, 0.2) is 60.7 Å². The molecule has 5 nitrogen and oxygen atoms in total. The van der Waals surface area contributed by atoms with Gasteiger partial charge in [0, 0.05) is 28.5 Å². The molecule has 1 aliphatic rings. The van der Waals surface area contributed by atoms with Crippen LogP contribution in [0.25, 0.3) is 0 Å². The molecule has 0 bridgehead atoms. The number of rotatable bonds is 7. The monoisotopic (exact) mass is 402 g/mol. The smallest absolute Gasteiger partial charge is 0.303 e. The average molecular weight is 403 g/mol. The summed E-state index contributed by atoms with van der Waals surface area (Å²) in [6.07, 6.45) is 4.04. The predicted molar refractivity (Wildman–Crippen MR) is 106 cm³/mol. The Balaban J connectivity index is 1.77. The number of aliphatic carboxylic acids is 1. The number of para-hydroxylation sites is 1. The summed E-state index contributed by atoms with van der Waals surface area (Å²) in [6, 6.07) is 14.5. The lowest BCUT2D eigenvalue weighted by atomic mass is 9.91. The number of benzene rings is 2. The Morgan fingerprint density at radius 2 is 1.82 bits per heavy atom. The molecule has 2 N–H and O–H groups in total. The molecule has 0 spiro atoms.